The zero-order valence-electron chi connectivity index (χ0n) is 21.8. The maximum Gasteiger partial charge on any atom is -0.147 e. The first-order valence-electron chi connectivity index (χ1n) is 11.5. The van der Waals surface area contributed by atoms with Gasteiger partial charge in [-0.3, -0.25) is 0 Å². The Kier molecular flexibility index (Phi) is 15.0. The van der Waals surface area contributed by atoms with E-state index in [1.807, 2.05) is 0 Å². The van der Waals surface area contributed by atoms with Crippen LogP contribution < -0.4 is 3.80 Å². The molecule has 0 fully saturated rings. The Bertz CT molecular complexity index is 569. The van der Waals surface area contributed by atoms with Gasteiger partial charge in [0.1, 0.15) is 0 Å². The number of hydrogen-bond donors (Lipinski definition) is 1. The molecule has 0 heterocycles. The summed E-state index contributed by atoms with van der Waals surface area (Å²) in [6.45, 7) is 26.7. The molecule has 0 aromatic carbocycles. The SMILES string of the molecule is C[SiH2][Ti]([CH2]CCCCCOC(C)(C)C)([NH]C(C)(C)C)[CH]1C(C)=C(C)C(C)=C1C.Cl.Cl. The predicted octanol–water partition coefficient (Wildman–Crippen LogP) is 7.69. The molecule has 1 unspecified atom stereocenters. The summed E-state index contributed by atoms with van der Waals surface area (Å²) >= 11 is -2.18. The van der Waals surface area contributed by atoms with Crippen LogP contribution in [0.3, 0.4) is 0 Å². The van der Waals surface area contributed by atoms with E-state index in [2.05, 4.69) is 79.6 Å². The van der Waals surface area contributed by atoms with Crippen molar-refractivity contribution in [3.05, 3.63) is 22.3 Å². The second-order valence-electron chi connectivity index (χ2n) is 11.1. The van der Waals surface area contributed by atoms with Crippen molar-refractivity contribution >= 4 is 32.2 Å². The van der Waals surface area contributed by atoms with Crippen LogP contribution in [0.15, 0.2) is 22.3 Å². The van der Waals surface area contributed by atoms with E-state index in [4.69, 9.17) is 4.74 Å². The Morgan fingerprint density at radius 2 is 1.30 bits per heavy atom. The average Bonchev–Trinajstić information content (AvgIpc) is 2.74. The Balaban J connectivity index is 0. The molecule has 6 heteroatoms. The summed E-state index contributed by atoms with van der Waals surface area (Å²) in [7, 11) is -0.0762. The van der Waals surface area contributed by atoms with Crippen LogP contribution in [0.5, 0.6) is 0 Å². The number of rotatable bonds is 10. The van der Waals surface area contributed by atoms with Gasteiger partial charge in [0.15, 0.2) is 0 Å². The zero-order valence-corrected chi connectivity index (χ0v) is 26.4. The van der Waals surface area contributed by atoms with Crippen molar-refractivity contribution in [2.75, 3.05) is 6.61 Å². The summed E-state index contributed by atoms with van der Waals surface area (Å²) in [6.07, 6.45) is 5.26. The molecule has 0 amide bonds. The van der Waals surface area contributed by atoms with Gasteiger partial charge in [-0.2, -0.15) is 0 Å². The molecule has 30 heavy (non-hydrogen) atoms. The largest absolute Gasteiger partial charge is 0.147 e. The minimum absolute atomic E-state index is 0. The normalized spacial score (nSPS) is 18.1. The fourth-order valence-electron chi connectivity index (χ4n) is 4.95. The van der Waals surface area contributed by atoms with Gasteiger partial charge in [-0.15, -0.1) is 24.8 Å². The van der Waals surface area contributed by atoms with Gasteiger partial charge < -0.3 is 0 Å². The van der Waals surface area contributed by atoms with E-state index >= 15 is 0 Å². The molecular formula is C24H51Cl2NOSiTi. The van der Waals surface area contributed by atoms with E-state index in [0.29, 0.717) is 0 Å². The van der Waals surface area contributed by atoms with Gasteiger partial charge in [0.25, 0.3) is 0 Å². The van der Waals surface area contributed by atoms with E-state index in [-0.39, 0.29) is 43.3 Å². The summed E-state index contributed by atoms with van der Waals surface area (Å²) in [6, 6.07) is 0. The molecule has 0 aromatic heterocycles. The molecule has 0 radical (unpaired) electrons. The van der Waals surface area contributed by atoms with Gasteiger partial charge in [-0.1, -0.05) is 0 Å². The van der Waals surface area contributed by atoms with Crippen molar-refractivity contribution in [1.82, 2.24) is 3.80 Å². The number of halogens is 2. The zero-order chi connectivity index (χ0) is 21.8. The number of ether oxygens (including phenoxy) is 1. The third kappa shape index (κ3) is 9.81. The quantitative estimate of drug-likeness (QED) is 0.237. The fourth-order valence-corrected chi connectivity index (χ4v) is 23.9. The smallest absolute Gasteiger partial charge is 0.147 e. The average molecular weight is 517 g/mol. The van der Waals surface area contributed by atoms with Crippen LogP contribution in [0.1, 0.15) is 94.9 Å². The van der Waals surface area contributed by atoms with Crippen molar-refractivity contribution in [1.29, 1.82) is 0 Å². The van der Waals surface area contributed by atoms with E-state index in [1.165, 1.54) is 30.4 Å². The molecule has 1 rings (SSSR count). The Hall–Kier alpha value is 0.911. The van der Waals surface area contributed by atoms with E-state index in [0.717, 1.165) is 10.8 Å². The number of nitrogens with one attached hydrogen (secondary N) is 1. The molecular weight excluding hydrogens is 465 g/mol. The van der Waals surface area contributed by atoms with Crippen LogP contribution >= 0.6 is 24.8 Å². The van der Waals surface area contributed by atoms with Gasteiger partial charge in [-0.05, 0) is 0 Å². The fraction of sp³-hybridized carbons (Fsp3) is 0.833. The van der Waals surface area contributed by atoms with E-state index in [9.17, 15) is 0 Å². The minimum atomic E-state index is -2.18. The van der Waals surface area contributed by atoms with E-state index in [1.54, 1.807) is 22.3 Å². The summed E-state index contributed by atoms with van der Waals surface area (Å²) in [4.78, 5) is 0. The summed E-state index contributed by atoms with van der Waals surface area (Å²) in [5.41, 5.74) is 6.78. The molecule has 0 aromatic rings. The van der Waals surface area contributed by atoms with E-state index < -0.39 is 16.1 Å². The molecule has 0 saturated carbocycles. The Morgan fingerprint density at radius 1 is 0.833 bits per heavy atom. The molecule has 2 nitrogen and oxygen atoms in total. The van der Waals surface area contributed by atoms with Crippen molar-refractivity contribution in [2.45, 2.75) is 122 Å². The first-order valence-corrected chi connectivity index (χ1v) is 19.7. The predicted molar refractivity (Wildman–Crippen MR) is 141 cm³/mol. The molecule has 0 bridgehead atoms. The number of unbranched alkanes of at least 4 members (excludes halogenated alkanes) is 3. The van der Waals surface area contributed by atoms with Crippen LogP contribution in [-0.4, -0.2) is 25.1 Å². The monoisotopic (exact) mass is 515 g/mol. The molecule has 1 N–H and O–H groups in total. The molecule has 0 saturated heterocycles. The molecule has 0 spiro atoms. The van der Waals surface area contributed by atoms with Gasteiger partial charge in [0, 0.05) is 0 Å². The first kappa shape index (κ1) is 33.1. The van der Waals surface area contributed by atoms with Gasteiger partial charge in [0.2, 0.25) is 0 Å². The van der Waals surface area contributed by atoms with Crippen molar-refractivity contribution in [3.63, 3.8) is 0 Å². The summed E-state index contributed by atoms with van der Waals surface area (Å²) in [5, 5.41) is 0. The van der Waals surface area contributed by atoms with Gasteiger partial charge in [0.05, 0.1) is 0 Å². The molecule has 0 aliphatic heterocycles. The standard InChI is InChI=1S/C10H21O.C9H13.C4H10N.CH5Si.2ClH.Ti/c1-5-6-7-8-9-11-10(2,3)4;1-6-5-7(2)9(4)8(6)3;1-4(2,3)5;1-2;;;/h1,5-9H2,2-4H3;5H,1-4H3;5H,1-3H3;2H2,1H3;2*1H;/q;;-1;;;;+1. The Morgan fingerprint density at radius 3 is 1.70 bits per heavy atom. The number of allylic oxidation sites excluding steroid dienone is 4. The summed E-state index contributed by atoms with van der Waals surface area (Å²) in [5.74, 6) is 0. The molecule has 1 atom stereocenters. The Labute approximate surface area is 206 Å². The van der Waals surface area contributed by atoms with Gasteiger partial charge in [-0.25, -0.2) is 0 Å². The third-order valence-electron chi connectivity index (χ3n) is 6.47. The van der Waals surface area contributed by atoms with Crippen LogP contribution in [0.25, 0.3) is 0 Å². The summed E-state index contributed by atoms with van der Waals surface area (Å²) < 4.78 is 12.5. The van der Waals surface area contributed by atoms with Crippen LogP contribution in [0.4, 0.5) is 0 Å². The topological polar surface area (TPSA) is 21.3 Å². The molecule has 180 valence electrons. The molecule has 1 aliphatic rings. The van der Waals surface area contributed by atoms with Crippen LogP contribution in [0.2, 0.25) is 15.5 Å². The minimum Gasteiger partial charge on any atom is -0.147 e. The third-order valence-corrected chi connectivity index (χ3v) is 24.5. The molecule has 1 aliphatic carbocycles. The van der Waals surface area contributed by atoms with Crippen molar-refractivity contribution in [2.24, 2.45) is 0 Å². The maximum absolute atomic E-state index is 5.89. The van der Waals surface area contributed by atoms with Crippen molar-refractivity contribution < 1.29 is 20.8 Å². The van der Waals surface area contributed by atoms with Crippen molar-refractivity contribution in [3.8, 4) is 0 Å². The maximum atomic E-state index is 5.89. The number of hydrogen-bond acceptors (Lipinski definition) is 2. The second-order valence-corrected chi connectivity index (χ2v) is 26.0. The second kappa shape index (κ2) is 13.6. The van der Waals surface area contributed by atoms with Crippen LogP contribution in [0, 0.1) is 0 Å². The first-order chi connectivity index (χ1) is 12.7. The van der Waals surface area contributed by atoms with Gasteiger partial charge >= 0.3 is 182 Å². The van der Waals surface area contributed by atoms with Crippen LogP contribution in [-0.2, 0) is 20.8 Å².